The number of sulfonamides is 1. The van der Waals surface area contributed by atoms with Crippen molar-refractivity contribution in [3.63, 3.8) is 0 Å². The monoisotopic (exact) mass is 577 g/mol. The summed E-state index contributed by atoms with van der Waals surface area (Å²) >= 11 is 0. The molecule has 0 bridgehead atoms. The van der Waals surface area contributed by atoms with Gasteiger partial charge in [0.15, 0.2) is 0 Å². The summed E-state index contributed by atoms with van der Waals surface area (Å²) in [4.78, 5) is 21.0. The van der Waals surface area contributed by atoms with E-state index in [1.807, 2.05) is 11.9 Å². The Kier molecular flexibility index (Phi) is 9.26. The van der Waals surface area contributed by atoms with Crippen LogP contribution in [0.5, 0.6) is 5.75 Å². The molecule has 1 aromatic carbocycles. The van der Waals surface area contributed by atoms with Gasteiger partial charge in [-0.15, -0.1) is 25.6 Å². The second-order valence-electron chi connectivity index (χ2n) is 8.49. The fraction of sp³-hybridized carbons (Fsp3) is 0.391. The Labute approximate surface area is 223 Å². The second-order valence-corrected chi connectivity index (χ2v) is 10.4. The summed E-state index contributed by atoms with van der Waals surface area (Å²) in [5.41, 5.74) is 1.30. The van der Waals surface area contributed by atoms with Gasteiger partial charge in [0.05, 0.1) is 12.2 Å². The quantitative estimate of drug-likeness (QED) is 0.395. The third kappa shape index (κ3) is 6.56. The molecule has 0 unspecified atom stereocenters. The molecule has 0 atom stereocenters. The van der Waals surface area contributed by atoms with E-state index >= 15 is 0 Å². The number of halogens is 4. The maximum atomic E-state index is 13.3. The summed E-state index contributed by atoms with van der Waals surface area (Å²) in [5, 5.41) is 3.14. The van der Waals surface area contributed by atoms with Crippen LogP contribution in [-0.4, -0.2) is 93.3 Å². The number of pyridine rings is 1. The normalized spacial score (nSPS) is 15.3. The number of amides is 1. The zero-order chi connectivity index (χ0) is 26.8. The van der Waals surface area contributed by atoms with Crippen molar-refractivity contribution in [1.82, 2.24) is 24.5 Å². The number of rotatable bonds is 8. The highest BCUT2D eigenvalue weighted by atomic mass is 35.5. The van der Waals surface area contributed by atoms with Crippen LogP contribution >= 0.6 is 12.4 Å². The standard InChI is InChI=1S/C23H26F3N5O5S.ClH/c1-30-6-8-31(9-7-30)37(33,34)20-4-3-15(12-19(20)36-23(24,25)26)16-11-17-18(14-29-21(17)28-13-16)22(32)27-5-10-35-2;/h3-4,11-14H,5-10H2,1-2H3,(H,27,32)(H,28,29);1H. The number of aromatic amines is 1. The van der Waals surface area contributed by atoms with E-state index in [1.165, 1.54) is 25.6 Å². The van der Waals surface area contributed by atoms with Crippen molar-refractivity contribution < 1.29 is 35.9 Å². The molecule has 0 saturated carbocycles. The van der Waals surface area contributed by atoms with Gasteiger partial charge in [-0.25, -0.2) is 13.4 Å². The van der Waals surface area contributed by atoms with Crippen LogP contribution in [0.25, 0.3) is 22.2 Å². The number of ether oxygens (including phenoxy) is 2. The SMILES string of the molecule is COCCNC(=O)c1c[nH]c2ncc(-c3ccc(S(=O)(=O)N4CCN(C)CC4)c(OC(F)(F)F)c3)cc12.Cl. The summed E-state index contributed by atoms with van der Waals surface area (Å²) in [5.74, 6) is -1.22. The van der Waals surface area contributed by atoms with Gasteiger partial charge >= 0.3 is 6.36 Å². The molecule has 1 fully saturated rings. The van der Waals surface area contributed by atoms with Crippen LogP contribution in [0.1, 0.15) is 10.4 Å². The fourth-order valence-electron chi connectivity index (χ4n) is 3.98. The molecule has 10 nitrogen and oxygen atoms in total. The molecule has 4 rings (SSSR count). The number of hydrogen-bond donors (Lipinski definition) is 2. The Morgan fingerprint density at radius 3 is 2.53 bits per heavy atom. The van der Waals surface area contributed by atoms with Crippen LogP contribution in [-0.2, 0) is 14.8 Å². The molecule has 38 heavy (non-hydrogen) atoms. The molecule has 1 amide bonds. The first-order chi connectivity index (χ1) is 17.5. The highest BCUT2D eigenvalue weighted by Crippen LogP contribution is 2.36. The number of fused-ring (bicyclic) bond motifs is 1. The third-order valence-corrected chi connectivity index (χ3v) is 7.89. The third-order valence-electron chi connectivity index (χ3n) is 5.95. The number of likely N-dealkylation sites (N-methyl/N-ethyl adjacent to an activating group) is 1. The zero-order valence-corrected chi connectivity index (χ0v) is 22.2. The number of hydrogen-bond acceptors (Lipinski definition) is 7. The van der Waals surface area contributed by atoms with Crippen molar-refractivity contribution in [2.24, 2.45) is 0 Å². The molecule has 15 heteroatoms. The van der Waals surface area contributed by atoms with Crippen molar-refractivity contribution >= 4 is 39.4 Å². The predicted molar refractivity (Wildman–Crippen MR) is 136 cm³/mol. The van der Waals surface area contributed by atoms with Crippen molar-refractivity contribution in [3.05, 3.63) is 42.2 Å². The maximum absolute atomic E-state index is 13.3. The van der Waals surface area contributed by atoms with E-state index in [2.05, 4.69) is 20.0 Å². The van der Waals surface area contributed by atoms with Gasteiger partial charge in [0.2, 0.25) is 10.0 Å². The number of methoxy groups -OCH3 is 1. The van der Waals surface area contributed by atoms with Gasteiger partial charge in [0, 0.05) is 63.2 Å². The van der Waals surface area contributed by atoms with Crippen molar-refractivity contribution in [3.8, 4) is 16.9 Å². The molecule has 1 aliphatic rings. The minimum absolute atomic E-state index is 0. The lowest BCUT2D eigenvalue weighted by Gasteiger charge is -2.32. The van der Waals surface area contributed by atoms with E-state index in [9.17, 15) is 26.4 Å². The average Bonchev–Trinajstić information content (AvgIpc) is 3.26. The summed E-state index contributed by atoms with van der Waals surface area (Å²) < 4.78 is 76.4. The van der Waals surface area contributed by atoms with Crippen molar-refractivity contribution in [2.45, 2.75) is 11.3 Å². The average molecular weight is 578 g/mol. The lowest BCUT2D eigenvalue weighted by Crippen LogP contribution is -2.47. The molecule has 1 aliphatic heterocycles. The first-order valence-corrected chi connectivity index (χ1v) is 12.8. The van der Waals surface area contributed by atoms with Gasteiger partial charge in [-0.3, -0.25) is 4.79 Å². The Hall–Kier alpha value is -2.91. The number of nitrogens with one attached hydrogen (secondary N) is 2. The van der Waals surface area contributed by atoms with Crippen molar-refractivity contribution in [2.75, 3.05) is 53.5 Å². The van der Waals surface area contributed by atoms with Gasteiger partial charge in [-0.05, 0) is 30.8 Å². The van der Waals surface area contributed by atoms with E-state index in [4.69, 9.17) is 4.74 Å². The summed E-state index contributed by atoms with van der Waals surface area (Å²) in [7, 11) is -0.904. The van der Waals surface area contributed by atoms with Gasteiger partial charge in [-0.2, -0.15) is 4.31 Å². The largest absolute Gasteiger partial charge is 0.573 e. The summed E-state index contributed by atoms with van der Waals surface area (Å²) in [6, 6.07) is 5.10. The molecule has 3 aromatic rings. The van der Waals surface area contributed by atoms with Crippen LogP contribution < -0.4 is 10.1 Å². The lowest BCUT2D eigenvalue weighted by atomic mass is 10.1. The van der Waals surface area contributed by atoms with E-state index in [1.54, 1.807) is 6.07 Å². The summed E-state index contributed by atoms with van der Waals surface area (Å²) in [6.45, 7) is 1.82. The number of aromatic nitrogens is 2. The molecular weight excluding hydrogens is 551 g/mol. The number of alkyl halides is 3. The molecule has 2 aromatic heterocycles. The molecule has 2 N–H and O–H groups in total. The highest BCUT2D eigenvalue weighted by Gasteiger charge is 2.36. The Balaban J connectivity index is 0.00000400. The van der Waals surface area contributed by atoms with Crippen LogP contribution in [0.3, 0.4) is 0 Å². The number of benzene rings is 1. The molecule has 1 saturated heterocycles. The number of carbonyl (C=O) groups is 1. The first-order valence-electron chi connectivity index (χ1n) is 11.3. The molecule has 0 radical (unpaired) electrons. The molecular formula is C23H27ClF3N5O5S. The minimum atomic E-state index is -5.11. The fourth-order valence-corrected chi connectivity index (χ4v) is 5.50. The number of piperazine rings is 1. The maximum Gasteiger partial charge on any atom is 0.573 e. The smallest absolute Gasteiger partial charge is 0.404 e. The Morgan fingerprint density at radius 1 is 1.16 bits per heavy atom. The molecule has 0 spiro atoms. The van der Waals surface area contributed by atoms with E-state index < -0.39 is 27.0 Å². The van der Waals surface area contributed by atoms with Gasteiger partial charge in [0.1, 0.15) is 16.3 Å². The lowest BCUT2D eigenvalue weighted by molar-refractivity contribution is -0.275. The Bertz CT molecular complexity index is 1390. The van der Waals surface area contributed by atoms with Gasteiger partial charge in [-0.1, -0.05) is 6.07 Å². The van der Waals surface area contributed by atoms with E-state index in [0.29, 0.717) is 41.9 Å². The van der Waals surface area contributed by atoms with E-state index in [-0.39, 0.29) is 43.5 Å². The topological polar surface area (TPSA) is 117 Å². The predicted octanol–water partition coefficient (Wildman–Crippen LogP) is 2.86. The van der Waals surface area contributed by atoms with E-state index in [0.717, 1.165) is 16.4 Å². The molecule has 3 heterocycles. The van der Waals surface area contributed by atoms with Crippen LogP contribution in [0, 0.1) is 0 Å². The first kappa shape index (κ1) is 29.6. The number of nitrogens with zero attached hydrogens (tertiary/aromatic N) is 3. The Morgan fingerprint density at radius 2 is 1.87 bits per heavy atom. The van der Waals surface area contributed by atoms with Crippen LogP contribution in [0.4, 0.5) is 13.2 Å². The van der Waals surface area contributed by atoms with Crippen LogP contribution in [0.2, 0.25) is 0 Å². The highest BCUT2D eigenvalue weighted by molar-refractivity contribution is 7.89. The second kappa shape index (κ2) is 11.9. The van der Waals surface area contributed by atoms with Gasteiger partial charge in [0.25, 0.3) is 5.91 Å². The minimum Gasteiger partial charge on any atom is -0.404 e. The molecule has 0 aliphatic carbocycles. The zero-order valence-electron chi connectivity index (χ0n) is 20.5. The summed E-state index contributed by atoms with van der Waals surface area (Å²) in [6.07, 6.45) is -2.22. The molecule has 208 valence electrons. The van der Waals surface area contributed by atoms with Crippen molar-refractivity contribution in [1.29, 1.82) is 0 Å². The number of carbonyl (C=O) groups excluding carboxylic acids is 1. The number of H-pyrrole nitrogens is 1. The van der Waals surface area contributed by atoms with Crippen LogP contribution in [0.15, 0.2) is 41.6 Å². The van der Waals surface area contributed by atoms with Gasteiger partial charge < -0.3 is 24.7 Å².